The van der Waals surface area contributed by atoms with Gasteiger partial charge >= 0.3 is 5.97 Å². The SMILES string of the molecule is C[C@H]1C(=O)O[C@H]2[C@H]1CC[C@@]1(C)[C@H](O)CC[C@](C)(O)[C@H]21. The second-order valence-corrected chi connectivity index (χ2v) is 7.29. The van der Waals surface area contributed by atoms with E-state index >= 15 is 0 Å². The second-order valence-electron chi connectivity index (χ2n) is 7.29. The summed E-state index contributed by atoms with van der Waals surface area (Å²) in [7, 11) is 0. The van der Waals surface area contributed by atoms with Gasteiger partial charge in [-0.25, -0.2) is 0 Å². The van der Waals surface area contributed by atoms with Crippen molar-refractivity contribution >= 4 is 5.97 Å². The zero-order valence-corrected chi connectivity index (χ0v) is 11.9. The van der Waals surface area contributed by atoms with Crippen molar-refractivity contribution in [3.63, 3.8) is 0 Å². The van der Waals surface area contributed by atoms with Crippen molar-refractivity contribution in [3.8, 4) is 0 Å². The molecule has 0 amide bonds. The van der Waals surface area contributed by atoms with Crippen LogP contribution in [0.25, 0.3) is 0 Å². The first-order valence-electron chi connectivity index (χ1n) is 7.38. The molecule has 4 nitrogen and oxygen atoms in total. The summed E-state index contributed by atoms with van der Waals surface area (Å²) < 4.78 is 5.59. The lowest BCUT2D eigenvalue weighted by Gasteiger charge is -2.57. The Balaban J connectivity index is 2.01. The molecule has 4 heteroatoms. The molecule has 0 aromatic rings. The van der Waals surface area contributed by atoms with Gasteiger partial charge in [0.1, 0.15) is 6.10 Å². The van der Waals surface area contributed by atoms with Gasteiger partial charge in [0.2, 0.25) is 0 Å². The second kappa shape index (κ2) is 3.95. The lowest BCUT2D eigenvalue weighted by Crippen LogP contribution is -2.62. The third-order valence-corrected chi connectivity index (χ3v) is 6.10. The number of ether oxygens (including phenoxy) is 1. The van der Waals surface area contributed by atoms with Crippen molar-refractivity contribution < 1.29 is 19.7 Å². The number of esters is 1. The monoisotopic (exact) mass is 268 g/mol. The van der Waals surface area contributed by atoms with Crippen LogP contribution in [-0.4, -0.2) is 34.0 Å². The van der Waals surface area contributed by atoms with Gasteiger partial charge in [0.15, 0.2) is 0 Å². The van der Waals surface area contributed by atoms with E-state index in [1.54, 1.807) is 0 Å². The summed E-state index contributed by atoms with van der Waals surface area (Å²) in [5.41, 5.74) is -1.20. The molecule has 1 aliphatic heterocycles. The summed E-state index contributed by atoms with van der Waals surface area (Å²) in [6.45, 7) is 5.80. The van der Waals surface area contributed by atoms with Gasteiger partial charge in [-0.1, -0.05) is 13.8 Å². The minimum absolute atomic E-state index is 0.0792. The van der Waals surface area contributed by atoms with Crippen LogP contribution in [0.3, 0.4) is 0 Å². The number of rotatable bonds is 0. The number of hydrogen-bond acceptors (Lipinski definition) is 4. The van der Waals surface area contributed by atoms with Crippen molar-refractivity contribution in [2.24, 2.45) is 23.2 Å². The smallest absolute Gasteiger partial charge is 0.309 e. The highest BCUT2D eigenvalue weighted by Gasteiger charge is 2.63. The Morgan fingerprint density at radius 2 is 1.95 bits per heavy atom. The fourth-order valence-corrected chi connectivity index (χ4v) is 4.88. The van der Waals surface area contributed by atoms with Gasteiger partial charge in [-0.05, 0) is 32.6 Å². The van der Waals surface area contributed by atoms with Crippen LogP contribution < -0.4 is 0 Å². The van der Waals surface area contributed by atoms with Gasteiger partial charge in [-0.15, -0.1) is 0 Å². The zero-order valence-electron chi connectivity index (χ0n) is 11.9. The number of fused-ring (bicyclic) bond motifs is 3. The van der Waals surface area contributed by atoms with Crippen LogP contribution in [-0.2, 0) is 9.53 Å². The van der Waals surface area contributed by atoms with Crippen molar-refractivity contribution in [2.45, 2.75) is 64.3 Å². The van der Waals surface area contributed by atoms with Crippen LogP contribution in [0.15, 0.2) is 0 Å². The zero-order chi connectivity index (χ0) is 14.0. The molecular weight excluding hydrogens is 244 g/mol. The van der Waals surface area contributed by atoms with Crippen molar-refractivity contribution in [1.82, 2.24) is 0 Å². The number of carbonyl (C=O) groups is 1. The van der Waals surface area contributed by atoms with E-state index < -0.39 is 11.7 Å². The Bertz CT molecular complexity index is 405. The van der Waals surface area contributed by atoms with Gasteiger partial charge in [0.25, 0.3) is 0 Å². The third kappa shape index (κ3) is 1.69. The molecule has 3 rings (SSSR count). The molecule has 3 aliphatic rings. The number of hydrogen-bond donors (Lipinski definition) is 2. The molecule has 0 spiro atoms. The first-order valence-corrected chi connectivity index (χ1v) is 7.38. The van der Waals surface area contributed by atoms with Crippen LogP contribution in [0.2, 0.25) is 0 Å². The first kappa shape index (κ1) is 13.4. The summed E-state index contributed by atoms with van der Waals surface area (Å²) in [5.74, 6) is -0.182. The van der Waals surface area contributed by atoms with E-state index in [1.165, 1.54) is 0 Å². The Hall–Kier alpha value is -0.610. The van der Waals surface area contributed by atoms with E-state index in [0.29, 0.717) is 12.8 Å². The molecule has 0 unspecified atom stereocenters. The van der Waals surface area contributed by atoms with Crippen molar-refractivity contribution in [1.29, 1.82) is 0 Å². The van der Waals surface area contributed by atoms with Crippen LogP contribution in [0, 0.1) is 23.2 Å². The summed E-state index contributed by atoms with van der Waals surface area (Å²) in [5, 5.41) is 21.2. The third-order valence-electron chi connectivity index (χ3n) is 6.10. The number of aliphatic hydroxyl groups excluding tert-OH is 1. The molecule has 1 saturated heterocycles. The van der Waals surface area contributed by atoms with Gasteiger partial charge < -0.3 is 14.9 Å². The van der Waals surface area contributed by atoms with E-state index in [1.807, 2.05) is 20.8 Å². The number of carbonyl (C=O) groups excluding carboxylic acids is 1. The molecular formula is C15H24O4. The maximum atomic E-state index is 11.8. The molecule has 0 radical (unpaired) electrons. The molecule has 2 saturated carbocycles. The van der Waals surface area contributed by atoms with Crippen LogP contribution >= 0.6 is 0 Å². The van der Waals surface area contributed by atoms with E-state index in [9.17, 15) is 15.0 Å². The molecule has 0 aromatic carbocycles. The highest BCUT2D eigenvalue weighted by Crippen LogP contribution is 2.58. The Morgan fingerprint density at radius 1 is 1.26 bits per heavy atom. The fourth-order valence-electron chi connectivity index (χ4n) is 4.88. The maximum absolute atomic E-state index is 11.8. The van der Waals surface area contributed by atoms with Gasteiger partial charge in [-0.2, -0.15) is 0 Å². The van der Waals surface area contributed by atoms with Crippen molar-refractivity contribution in [2.75, 3.05) is 0 Å². The molecule has 3 fully saturated rings. The standard InChI is InChI=1S/C15H24O4/c1-8-9-4-6-14(2)10(16)5-7-15(3,18)12(14)11(9)19-13(8)17/h8-12,16,18H,4-7H2,1-3H3/t8-,9+,10-,11+,12-,14+,15+/m1/s1. The Labute approximate surface area is 114 Å². The molecule has 2 aliphatic carbocycles. The predicted octanol–water partition coefficient (Wildman–Crippen LogP) is 1.49. The van der Waals surface area contributed by atoms with E-state index in [4.69, 9.17) is 4.74 Å². The largest absolute Gasteiger partial charge is 0.461 e. The maximum Gasteiger partial charge on any atom is 0.309 e. The topological polar surface area (TPSA) is 66.8 Å². The average molecular weight is 268 g/mol. The molecule has 19 heavy (non-hydrogen) atoms. The molecule has 1 heterocycles. The minimum Gasteiger partial charge on any atom is -0.461 e. The Morgan fingerprint density at radius 3 is 2.63 bits per heavy atom. The lowest BCUT2D eigenvalue weighted by molar-refractivity contribution is -0.212. The van der Waals surface area contributed by atoms with Gasteiger partial charge in [-0.3, -0.25) is 4.79 Å². The molecule has 108 valence electrons. The van der Waals surface area contributed by atoms with Crippen LogP contribution in [0.4, 0.5) is 0 Å². The highest BCUT2D eigenvalue weighted by atomic mass is 16.6. The van der Waals surface area contributed by atoms with Gasteiger partial charge in [0.05, 0.1) is 17.6 Å². The molecule has 0 bridgehead atoms. The van der Waals surface area contributed by atoms with E-state index in [2.05, 4.69) is 0 Å². The number of aliphatic hydroxyl groups is 2. The first-order chi connectivity index (χ1) is 8.77. The van der Waals surface area contributed by atoms with Crippen LogP contribution in [0.1, 0.15) is 46.5 Å². The fraction of sp³-hybridized carbons (Fsp3) is 0.933. The highest BCUT2D eigenvalue weighted by molar-refractivity contribution is 5.75. The van der Waals surface area contributed by atoms with Gasteiger partial charge in [0, 0.05) is 17.3 Å². The van der Waals surface area contributed by atoms with Crippen LogP contribution in [0.5, 0.6) is 0 Å². The minimum atomic E-state index is -0.859. The quantitative estimate of drug-likeness (QED) is 0.653. The molecule has 0 aromatic heterocycles. The summed E-state index contributed by atoms with van der Waals surface area (Å²) in [6.07, 6.45) is 2.32. The summed E-state index contributed by atoms with van der Waals surface area (Å²) in [6, 6.07) is 0. The average Bonchev–Trinajstić information content (AvgIpc) is 2.60. The summed E-state index contributed by atoms with van der Waals surface area (Å²) in [4.78, 5) is 11.8. The van der Waals surface area contributed by atoms with Crippen molar-refractivity contribution in [3.05, 3.63) is 0 Å². The predicted molar refractivity (Wildman–Crippen MR) is 69.2 cm³/mol. The van der Waals surface area contributed by atoms with E-state index in [0.717, 1.165) is 12.8 Å². The van der Waals surface area contributed by atoms with E-state index in [-0.39, 0.29) is 35.2 Å². The molecule has 2 N–H and O–H groups in total. The summed E-state index contributed by atoms with van der Waals surface area (Å²) >= 11 is 0. The molecule has 7 atom stereocenters. The Kier molecular flexibility index (Phi) is 2.78. The lowest BCUT2D eigenvalue weighted by atomic mass is 9.51. The normalized spacial score (nSPS) is 57.3.